The van der Waals surface area contributed by atoms with Crippen molar-refractivity contribution in [3.8, 4) is 5.75 Å². The zero-order valence-corrected chi connectivity index (χ0v) is 13.4. The molecule has 1 aromatic carbocycles. The van der Waals surface area contributed by atoms with Crippen molar-refractivity contribution in [2.24, 2.45) is 0 Å². The van der Waals surface area contributed by atoms with Gasteiger partial charge in [0.2, 0.25) is 0 Å². The van der Waals surface area contributed by atoms with Gasteiger partial charge in [-0.2, -0.15) is 0 Å². The van der Waals surface area contributed by atoms with Gasteiger partial charge in [-0.15, -0.1) is 13.2 Å². The molecule has 10 heteroatoms. The number of anilines is 1. The molecule has 1 fully saturated rings. The van der Waals surface area contributed by atoms with Crippen LogP contribution in [0, 0.1) is 0 Å². The van der Waals surface area contributed by atoms with Crippen molar-refractivity contribution in [1.82, 2.24) is 4.90 Å². The van der Waals surface area contributed by atoms with Crippen LogP contribution < -0.4 is 9.64 Å². The van der Waals surface area contributed by atoms with E-state index in [1.807, 2.05) is 0 Å². The quantitative estimate of drug-likeness (QED) is 0.830. The highest BCUT2D eigenvalue weighted by atomic mass is 19.4. The van der Waals surface area contributed by atoms with Crippen molar-refractivity contribution in [3.05, 3.63) is 23.8 Å². The minimum atomic E-state index is -4.93. The molecule has 0 aromatic heterocycles. The maximum atomic E-state index is 12.7. The predicted octanol–water partition coefficient (Wildman–Crippen LogP) is 2.56. The van der Waals surface area contributed by atoms with E-state index in [0.717, 1.165) is 6.07 Å². The molecule has 1 aliphatic rings. The van der Waals surface area contributed by atoms with Crippen molar-refractivity contribution in [2.45, 2.75) is 13.3 Å². The second-order valence-corrected chi connectivity index (χ2v) is 5.21. The van der Waals surface area contributed by atoms with Gasteiger partial charge < -0.3 is 24.4 Å². The van der Waals surface area contributed by atoms with Gasteiger partial charge in [-0.05, 0) is 25.1 Å². The van der Waals surface area contributed by atoms with E-state index in [1.165, 1.54) is 17.0 Å². The molecular weight excluding hydrogens is 345 g/mol. The number of rotatable bonds is 4. The van der Waals surface area contributed by atoms with Gasteiger partial charge in [-0.1, -0.05) is 0 Å². The summed E-state index contributed by atoms with van der Waals surface area (Å²) in [5.41, 5.74) is 0.0736. The van der Waals surface area contributed by atoms with E-state index >= 15 is 0 Å². The van der Waals surface area contributed by atoms with Crippen LogP contribution in [0.15, 0.2) is 18.2 Å². The minimum Gasteiger partial charge on any atom is -0.465 e. The molecule has 1 saturated heterocycles. The van der Waals surface area contributed by atoms with Crippen LogP contribution in [0.4, 0.5) is 23.7 Å². The average molecular weight is 362 g/mol. The van der Waals surface area contributed by atoms with Gasteiger partial charge >= 0.3 is 18.4 Å². The average Bonchev–Trinajstić information content (AvgIpc) is 2.53. The number of amides is 1. The fourth-order valence-electron chi connectivity index (χ4n) is 2.46. The molecule has 138 valence electrons. The first-order valence-corrected chi connectivity index (χ1v) is 7.51. The topological polar surface area (TPSA) is 79.3 Å². The molecule has 1 amide bonds. The number of hydrogen-bond donors (Lipinski definition) is 1. The Morgan fingerprint density at radius 2 is 1.84 bits per heavy atom. The Hall–Kier alpha value is -2.65. The molecule has 1 N–H and O–H groups in total. The van der Waals surface area contributed by atoms with E-state index in [2.05, 4.69) is 4.74 Å². The molecule has 0 radical (unpaired) electrons. The number of piperazine rings is 1. The zero-order chi connectivity index (χ0) is 18.6. The lowest BCUT2D eigenvalue weighted by atomic mass is 10.1. The first-order valence-electron chi connectivity index (χ1n) is 7.51. The smallest absolute Gasteiger partial charge is 0.465 e. The van der Waals surface area contributed by atoms with Crippen molar-refractivity contribution < 1.29 is 37.3 Å². The summed E-state index contributed by atoms with van der Waals surface area (Å²) in [7, 11) is 0. The van der Waals surface area contributed by atoms with Gasteiger partial charge in [-0.3, -0.25) is 0 Å². The molecule has 7 nitrogen and oxygen atoms in total. The van der Waals surface area contributed by atoms with Gasteiger partial charge in [0.15, 0.2) is 5.75 Å². The number of esters is 1. The van der Waals surface area contributed by atoms with Crippen LogP contribution >= 0.6 is 0 Å². The van der Waals surface area contributed by atoms with E-state index in [1.54, 1.807) is 11.8 Å². The van der Waals surface area contributed by atoms with Crippen molar-refractivity contribution in [3.63, 3.8) is 0 Å². The summed E-state index contributed by atoms with van der Waals surface area (Å²) in [6.45, 7) is 2.40. The van der Waals surface area contributed by atoms with Crippen molar-refractivity contribution in [2.75, 3.05) is 37.7 Å². The molecule has 1 heterocycles. The highest BCUT2D eigenvalue weighted by molar-refractivity contribution is 5.91. The normalized spacial score (nSPS) is 15.0. The summed E-state index contributed by atoms with van der Waals surface area (Å²) in [4.78, 5) is 25.4. The third-order valence-electron chi connectivity index (χ3n) is 3.59. The number of alkyl halides is 3. The molecule has 0 atom stereocenters. The molecule has 0 bridgehead atoms. The molecular formula is C15H17F3N2O5. The lowest BCUT2D eigenvalue weighted by Crippen LogP contribution is -2.48. The number of benzene rings is 1. The number of carbonyl (C=O) groups excluding carboxylic acids is 1. The van der Waals surface area contributed by atoms with Crippen LogP contribution in [0.3, 0.4) is 0 Å². The monoisotopic (exact) mass is 362 g/mol. The van der Waals surface area contributed by atoms with E-state index in [-0.39, 0.29) is 44.0 Å². The van der Waals surface area contributed by atoms with E-state index in [4.69, 9.17) is 9.84 Å². The Bertz CT molecular complexity index is 643. The third-order valence-corrected chi connectivity index (χ3v) is 3.59. The predicted molar refractivity (Wildman–Crippen MR) is 80.9 cm³/mol. The second-order valence-electron chi connectivity index (χ2n) is 5.21. The van der Waals surface area contributed by atoms with Crippen molar-refractivity contribution in [1.29, 1.82) is 0 Å². The fraction of sp³-hybridized carbons (Fsp3) is 0.467. The minimum absolute atomic E-state index is 0.0611. The van der Waals surface area contributed by atoms with Gasteiger partial charge in [-0.25, -0.2) is 9.59 Å². The molecule has 1 aliphatic heterocycles. The van der Waals surface area contributed by atoms with Gasteiger partial charge in [0.05, 0.1) is 17.9 Å². The molecule has 1 aromatic rings. The maximum absolute atomic E-state index is 12.7. The Labute approximate surface area is 141 Å². The van der Waals surface area contributed by atoms with Crippen LogP contribution in [0.5, 0.6) is 5.75 Å². The summed E-state index contributed by atoms with van der Waals surface area (Å²) >= 11 is 0. The summed E-state index contributed by atoms with van der Waals surface area (Å²) < 4.78 is 46.9. The van der Waals surface area contributed by atoms with Crippen LogP contribution in [0.25, 0.3) is 0 Å². The molecule has 25 heavy (non-hydrogen) atoms. The van der Waals surface area contributed by atoms with E-state index in [9.17, 15) is 22.8 Å². The number of nitrogens with zero attached hydrogens (tertiary/aromatic N) is 2. The Kier molecular flexibility index (Phi) is 5.60. The molecule has 2 rings (SSSR count). The number of ether oxygens (including phenoxy) is 2. The Morgan fingerprint density at radius 1 is 1.20 bits per heavy atom. The van der Waals surface area contributed by atoms with Crippen LogP contribution in [-0.4, -0.2) is 61.2 Å². The highest BCUT2D eigenvalue weighted by Crippen LogP contribution is 2.34. The first-order chi connectivity index (χ1) is 11.7. The van der Waals surface area contributed by atoms with E-state index < -0.39 is 24.2 Å². The lowest BCUT2D eigenvalue weighted by molar-refractivity contribution is -0.274. The summed E-state index contributed by atoms with van der Waals surface area (Å²) in [5.74, 6) is -1.28. The number of halogens is 3. The summed E-state index contributed by atoms with van der Waals surface area (Å²) in [6, 6.07) is 3.66. The molecule has 0 saturated carbocycles. The van der Waals surface area contributed by atoms with Crippen LogP contribution in [0.1, 0.15) is 17.3 Å². The molecule has 0 spiro atoms. The summed E-state index contributed by atoms with van der Waals surface area (Å²) in [6.07, 6.45) is -6.01. The maximum Gasteiger partial charge on any atom is 0.573 e. The van der Waals surface area contributed by atoms with Crippen molar-refractivity contribution >= 4 is 17.7 Å². The molecule has 0 unspecified atom stereocenters. The van der Waals surface area contributed by atoms with Crippen LogP contribution in [-0.2, 0) is 4.74 Å². The zero-order valence-electron chi connectivity index (χ0n) is 13.4. The number of carbonyl (C=O) groups is 2. The van der Waals surface area contributed by atoms with Crippen LogP contribution in [0.2, 0.25) is 0 Å². The van der Waals surface area contributed by atoms with E-state index in [0.29, 0.717) is 0 Å². The van der Waals surface area contributed by atoms with Gasteiger partial charge in [0.25, 0.3) is 0 Å². The number of hydrogen-bond acceptors (Lipinski definition) is 5. The lowest BCUT2D eigenvalue weighted by Gasteiger charge is -2.35. The van der Waals surface area contributed by atoms with Gasteiger partial charge in [0, 0.05) is 26.2 Å². The Morgan fingerprint density at radius 3 is 2.36 bits per heavy atom. The van der Waals surface area contributed by atoms with Gasteiger partial charge in [0.1, 0.15) is 0 Å². The third kappa shape index (κ3) is 4.91. The first kappa shape index (κ1) is 18.7. The SMILES string of the molecule is CCOC(=O)c1ccc(N2CCN(C(=O)O)CC2)c(OC(F)(F)F)c1. The standard InChI is InChI=1S/C15H17F3N2O5/c1-2-24-13(21)10-3-4-11(12(9-10)25-15(16,17)18)19-5-7-20(8-6-19)14(22)23/h3-4,9H,2,5-8H2,1H3,(H,22,23). The summed E-state index contributed by atoms with van der Waals surface area (Å²) in [5, 5.41) is 8.93. The fourth-order valence-corrected chi connectivity index (χ4v) is 2.46. The highest BCUT2D eigenvalue weighted by Gasteiger charge is 2.34. The Balaban J connectivity index is 2.27. The second kappa shape index (κ2) is 7.49. The number of carboxylic acid groups (broad SMARTS) is 1. The molecule has 0 aliphatic carbocycles. The largest absolute Gasteiger partial charge is 0.573 e.